The van der Waals surface area contributed by atoms with Gasteiger partial charge in [0.2, 0.25) is 0 Å². The second-order valence-corrected chi connectivity index (χ2v) is 5.02. The van der Waals surface area contributed by atoms with Crippen molar-refractivity contribution in [1.82, 2.24) is 0 Å². The molecule has 1 heteroatoms. The van der Waals surface area contributed by atoms with Crippen molar-refractivity contribution < 1.29 is 0 Å². The van der Waals surface area contributed by atoms with Crippen molar-refractivity contribution in [2.75, 3.05) is 0 Å². The third-order valence-corrected chi connectivity index (χ3v) is 5.21. The molecule has 4 aliphatic rings. The van der Waals surface area contributed by atoms with Crippen molar-refractivity contribution in [3.8, 4) is 0 Å². The molecule has 0 amide bonds. The van der Waals surface area contributed by atoms with Gasteiger partial charge in [-0.25, -0.2) is 0 Å². The molecule has 0 nitrogen and oxygen atoms in total. The van der Waals surface area contributed by atoms with E-state index in [1.807, 2.05) is 0 Å². The predicted octanol–water partition coefficient (Wildman–Crippen LogP) is 2.08. The molecule has 0 N–H and O–H groups in total. The maximum atomic E-state index is 2.67. The quantitative estimate of drug-likeness (QED) is 0.433. The summed E-state index contributed by atoms with van der Waals surface area (Å²) < 4.78 is 1.10. The summed E-state index contributed by atoms with van der Waals surface area (Å²) in [5, 5.41) is 0. The van der Waals surface area contributed by atoms with Gasteiger partial charge in [-0.3, -0.25) is 0 Å². The summed E-state index contributed by atoms with van der Waals surface area (Å²) in [5.74, 6) is 4.82. The van der Waals surface area contributed by atoms with E-state index >= 15 is 0 Å². The summed E-state index contributed by atoms with van der Waals surface area (Å²) in [7, 11) is 0. The lowest BCUT2D eigenvalue weighted by molar-refractivity contribution is 0.626. The minimum Gasteiger partial charge on any atom is -0.0820 e. The topological polar surface area (TPSA) is 0 Å². The van der Waals surface area contributed by atoms with Gasteiger partial charge in [-0.15, -0.1) is 0 Å². The monoisotopic (exact) mass is 220 g/mol. The van der Waals surface area contributed by atoms with E-state index in [2.05, 4.69) is 22.6 Å². The maximum absolute atomic E-state index is 2.67. The first kappa shape index (κ1) is 4.53. The zero-order valence-electron chi connectivity index (χ0n) is 4.68. The highest BCUT2D eigenvalue weighted by molar-refractivity contribution is 14.1. The lowest BCUT2D eigenvalue weighted by Gasteiger charge is -2.02. The third kappa shape index (κ3) is 0.309. The fourth-order valence-electron chi connectivity index (χ4n) is 2.98. The van der Waals surface area contributed by atoms with Gasteiger partial charge in [-0.2, -0.15) is 0 Å². The van der Waals surface area contributed by atoms with Gasteiger partial charge in [-0.05, 0) is 36.5 Å². The lowest BCUT2D eigenvalue weighted by atomic mass is 10.1. The molecule has 0 aromatic heterocycles. The fourth-order valence-corrected chi connectivity index (χ4v) is 4.63. The van der Waals surface area contributed by atoms with E-state index in [4.69, 9.17) is 0 Å². The molecule has 0 aromatic carbocycles. The third-order valence-electron chi connectivity index (χ3n) is 3.37. The van der Waals surface area contributed by atoms with Crippen LogP contribution in [-0.2, 0) is 0 Å². The van der Waals surface area contributed by atoms with Crippen LogP contribution in [0.4, 0.5) is 0 Å². The van der Waals surface area contributed by atoms with E-state index in [-0.39, 0.29) is 0 Å². The highest BCUT2D eigenvalue weighted by atomic mass is 127. The molecular weight excluding hydrogens is 211 g/mol. The number of hydrogen-bond acceptors (Lipinski definition) is 0. The van der Waals surface area contributed by atoms with Gasteiger partial charge < -0.3 is 0 Å². The van der Waals surface area contributed by atoms with E-state index in [0.717, 1.165) is 9.84 Å². The van der Waals surface area contributed by atoms with E-state index in [0.29, 0.717) is 0 Å². The Balaban J connectivity index is 2.10. The zero-order valence-corrected chi connectivity index (χ0v) is 6.84. The van der Waals surface area contributed by atoms with Crippen LogP contribution < -0.4 is 0 Å². The first-order valence-corrected chi connectivity index (χ1v) is 4.76. The first-order valence-electron chi connectivity index (χ1n) is 3.52. The van der Waals surface area contributed by atoms with Crippen molar-refractivity contribution in [1.29, 1.82) is 0 Å². The molecule has 4 bridgehead atoms. The van der Waals surface area contributed by atoms with Gasteiger partial charge in [0.25, 0.3) is 0 Å². The Morgan fingerprint density at radius 3 is 1.88 bits per heavy atom. The number of halogens is 1. The first-order chi connectivity index (χ1) is 3.88. The van der Waals surface area contributed by atoms with Gasteiger partial charge in [-0.1, -0.05) is 22.6 Å². The van der Waals surface area contributed by atoms with Crippen LogP contribution in [-0.4, -0.2) is 3.92 Å². The largest absolute Gasteiger partial charge is 0.0820 e. The van der Waals surface area contributed by atoms with Crippen LogP contribution >= 0.6 is 22.6 Å². The Hall–Kier alpha value is 0.730. The average molecular weight is 220 g/mol. The summed E-state index contributed by atoms with van der Waals surface area (Å²) in [4.78, 5) is 0. The number of hydrogen-bond donors (Lipinski definition) is 0. The van der Waals surface area contributed by atoms with E-state index in [1.54, 1.807) is 12.8 Å². The molecule has 4 rings (SSSR count). The smallest absolute Gasteiger partial charge is 0.0172 e. The summed E-state index contributed by atoms with van der Waals surface area (Å²) in [6.07, 6.45) is 3.20. The lowest BCUT2D eigenvalue weighted by Crippen LogP contribution is -2.00. The average Bonchev–Trinajstić information content (AvgIpc) is 2.23. The predicted molar refractivity (Wildman–Crippen MR) is 41.0 cm³/mol. The van der Waals surface area contributed by atoms with Crippen molar-refractivity contribution in [3.63, 3.8) is 0 Å². The van der Waals surface area contributed by atoms with Crippen LogP contribution in [0.5, 0.6) is 0 Å². The van der Waals surface area contributed by atoms with Gasteiger partial charge in [0.1, 0.15) is 0 Å². The minimum atomic E-state index is 1.10. The molecule has 0 spiro atoms. The van der Waals surface area contributed by atoms with Crippen LogP contribution in [0.1, 0.15) is 12.8 Å². The molecule has 4 aliphatic carbocycles. The highest BCUT2D eigenvalue weighted by Gasteiger charge is 2.67. The van der Waals surface area contributed by atoms with Gasteiger partial charge in [0.15, 0.2) is 0 Å². The van der Waals surface area contributed by atoms with Crippen molar-refractivity contribution >= 4 is 22.6 Å². The Labute approximate surface area is 63.2 Å². The molecular formula is C7H9I. The maximum Gasteiger partial charge on any atom is 0.0172 e. The summed E-state index contributed by atoms with van der Waals surface area (Å²) in [5.41, 5.74) is 0. The SMILES string of the molecule is I[C@@H]1C2CC3C1[C@H]3C2. The van der Waals surface area contributed by atoms with Crippen LogP contribution in [0.25, 0.3) is 0 Å². The molecule has 5 atom stereocenters. The molecule has 0 aliphatic heterocycles. The van der Waals surface area contributed by atoms with E-state index in [9.17, 15) is 0 Å². The van der Waals surface area contributed by atoms with E-state index < -0.39 is 0 Å². The molecule has 3 unspecified atom stereocenters. The second kappa shape index (κ2) is 1.11. The number of rotatable bonds is 0. The van der Waals surface area contributed by atoms with Crippen LogP contribution in [0.15, 0.2) is 0 Å². The molecule has 4 saturated carbocycles. The minimum absolute atomic E-state index is 1.10. The van der Waals surface area contributed by atoms with Crippen molar-refractivity contribution in [2.45, 2.75) is 16.8 Å². The van der Waals surface area contributed by atoms with Crippen LogP contribution in [0, 0.1) is 23.7 Å². The summed E-state index contributed by atoms with van der Waals surface area (Å²) in [6.45, 7) is 0. The van der Waals surface area contributed by atoms with Gasteiger partial charge in [0.05, 0.1) is 0 Å². The van der Waals surface area contributed by atoms with Crippen molar-refractivity contribution in [3.05, 3.63) is 0 Å². The molecule has 0 aromatic rings. The zero-order chi connectivity index (χ0) is 5.30. The van der Waals surface area contributed by atoms with Crippen LogP contribution in [0.3, 0.4) is 0 Å². The fraction of sp³-hybridized carbons (Fsp3) is 1.00. The Kier molecular flexibility index (Phi) is 0.631. The van der Waals surface area contributed by atoms with Crippen LogP contribution in [0.2, 0.25) is 0 Å². The van der Waals surface area contributed by atoms with Gasteiger partial charge >= 0.3 is 0 Å². The Bertz CT molecular complexity index is 129. The second-order valence-electron chi connectivity index (χ2n) is 3.58. The van der Waals surface area contributed by atoms with Crippen molar-refractivity contribution in [2.24, 2.45) is 23.7 Å². The molecule has 8 heavy (non-hydrogen) atoms. The highest BCUT2D eigenvalue weighted by Crippen LogP contribution is 2.72. The van der Waals surface area contributed by atoms with E-state index in [1.165, 1.54) is 17.8 Å². The molecule has 44 valence electrons. The normalized spacial score (nSPS) is 73.9. The molecule has 4 fully saturated rings. The Morgan fingerprint density at radius 1 is 1.12 bits per heavy atom. The molecule has 0 heterocycles. The molecule has 0 radical (unpaired) electrons. The summed E-state index contributed by atoms with van der Waals surface area (Å²) in [6, 6.07) is 0. The van der Waals surface area contributed by atoms with Gasteiger partial charge in [0, 0.05) is 3.92 Å². The molecule has 0 saturated heterocycles. The number of alkyl halides is 1. The Morgan fingerprint density at radius 2 is 1.75 bits per heavy atom. The standard InChI is InChI=1S/C7H9I/c8-7-3-1-4-5(2-3)6(4)7/h3-7H,1-2H2/t3?,4-,5?,6?,7+/m0/s1. The summed E-state index contributed by atoms with van der Waals surface area (Å²) >= 11 is 2.67.